The summed E-state index contributed by atoms with van der Waals surface area (Å²) >= 11 is 1.39. The molecule has 0 aliphatic rings. The molecule has 0 radical (unpaired) electrons. The molecule has 1 heterocycles. The van der Waals surface area contributed by atoms with Gasteiger partial charge in [0.25, 0.3) is 0 Å². The topological polar surface area (TPSA) is 51.0 Å². The summed E-state index contributed by atoms with van der Waals surface area (Å²) < 4.78 is 1.90. The molecule has 4 aromatic rings. The van der Waals surface area contributed by atoms with Crippen molar-refractivity contribution in [2.75, 3.05) is 17.7 Å². The van der Waals surface area contributed by atoms with Crippen LogP contribution in [0.25, 0.3) is 16.5 Å². The number of carbonyl (C=O) groups excluding carboxylic acids is 1. The number of thioether (sulfide) groups is 1. The Morgan fingerprint density at radius 3 is 2.57 bits per heavy atom. The maximum absolute atomic E-state index is 12.7. The Hall–Kier alpha value is -3.12. The van der Waals surface area contributed by atoms with Gasteiger partial charge in [0, 0.05) is 18.4 Å². The largest absolute Gasteiger partial charge is 0.315 e. The van der Waals surface area contributed by atoms with Gasteiger partial charge in [-0.1, -0.05) is 59.8 Å². The molecule has 140 valence electrons. The van der Waals surface area contributed by atoms with Gasteiger partial charge in [-0.2, -0.15) is 0 Å². The predicted octanol–water partition coefficient (Wildman–Crippen LogP) is 4.48. The summed E-state index contributed by atoms with van der Waals surface area (Å²) in [5.74, 6) is 0.298. The molecular weight excluding hydrogens is 368 g/mol. The van der Waals surface area contributed by atoms with E-state index < -0.39 is 0 Å². The third-order valence-electron chi connectivity index (χ3n) is 4.65. The third-order valence-corrected chi connectivity index (χ3v) is 5.58. The highest BCUT2D eigenvalue weighted by atomic mass is 32.2. The van der Waals surface area contributed by atoms with E-state index in [2.05, 4.69) is 22.3 Å². The second-order valence-electron chi connectivity index (χ2n) is 6.59. The van der Waals surface area contributed by atoms with E-state index in [-0.39, 0.29) is 11.7 Å². The lowest BCUT2D eigenvalue weighted by Crippen LogP contribution is -2.28. The smallest absolute Gasteiger partial charge is 0.237 e. The lowest BCUT2D eigenvalue weighted by atomic mass is 10.1. The van der Waals surface area contributed by atoms with Gasteiger partial charge in [-0.05, 0) is 42.0 Å². The summed E-state index contributed by atoms with van der Waals surface area (Å²) in [5, 5.41) is 11.1. The van der Waals surface area contributed by atoms with Crippen molar-refractivity contribution in [2.45, 2.75) is 12.1 Å². The van der Waals surface area contributed by atoms with Crippen LogP contribution in [0.2, 0.25) is 0 Å². The fourth-order valence-electron chi connectivity index (χ4n) is 2.96. The first-order valence-corrected chi connectivity index (χ1v) is 9.95. The third kappa shape index (κ3) is 3.77. The quantitative estimate of drug-likeness (QED) is 0.473. The number of aromatic nitrogens is 3. The molecule has 5 nitrogen and oxygen atoms in total. The van der Waals surface area contributed by atoms with Crippen LogP contribution in [0, 0.1) is 6.92 Å². The second kappa shape index (κ2) is 7.86. The Kier molecular flexibility index (Phi) is 5.12. The first kappa shape index (κ1) is 18.3. The maximum Gasteiger partial charge on any atom is 0.237 e. The van der Waals surface area contributed by atoms with E-state index in [0.717, 1.165) is 22.1 Å². The molecule has 28 heavy (non-hydrogen) atoms. The molecule has 0 aliphatic heterocycles. The maximum atomic E-state index is 12.7. The number of carbonyl (C=O) groups is 1. The van der Waals surface area contributed by atoms with E-state index in [1.54, 1.807) is 18.3 Å². The molecule has 0 saturated carbocycles. The Labute approximate surface area is 168 Å². The van der Waals surface area contributed by atoms with Crippen LogP contribution in [0.3, 0.4) is 0 Å². The molecule has 0 saturated heterocycles. The van der Waals surface area contributed by atoms with Crippen LogP contribution in [0.1, 0.15) is 5.56 Å². The van der Waals surface area contributed by atoms with E-state index in [4.69, 9.17) is 0 Å². The van der Waals surface area contributed by atoms with Crippen LogP contribution in [-0.4, -0.2) is 33.5 Å². The van der Waals surface area contributed by atoms with Crippen molar-refractivity contribution in [3.8, 4) is 5.69 Å². The van der Waals surface area contributed by atoms with E-state index in [0.29, 0.717) is 5.16 Å². The zero-order valence-corrected chi connectivity index (χ0v) is 16.6. The van der Waals surface area contributed by atoms with Gasteiger partial charge in [-0.15, -0.1) is 10.2 Å². The fraction of sp³-hybridized carbons (Fsp3) is 0.136. The average Bonchev–Trinajstić information content (AvgIpc) is 3.20. The number of aryl methyl sites for hydroxylation is 1. The number of fused-ring (bicyclic) bond motifs is 1. The van der Waals surface area contributed by atoms with Crippen LogP contribution in [-0.2, 0) is 4.79 Å². The van der Waals surface area contributed by atoms with Gasteiger partial charge < -0.3 is 4.90 Å². The van der Waals surface area contributed by atoms with Gasteiger partial charge in [-0.25, -0.2) is 0 Å². The lowest BCUT2D eigenvalue weighted by Gasteiger charge is -2.17. The second-order valence-corrected chi connectivity index (χ2v) is 7.53. The monoisotopic (exact) mass is 388 g/mol. The van der Waals surface area contributed by atoms with Crippen LogP contribution < -0.4 is 4.90 Å². The van der Waals surface area contributed by atoms with Crippen LogP contribution in [0.4, 0.5) is 5.69 Å². The van der Waals surface area contributed by atoms with Crippen LogP contribution >= 0.6 is 11.8 Å². The molecule has 0 unspecified atom stereocenters. The summed E-state index contributed by atoms with van der Waals surface area (Å²) in [7, 11) is 1.80. The first-order valence-electron chi connectivity index (χ1n) is 8.97. The van der Waals surface area contributed by atoms with Crippen molar-refractivity contribution in [3.05, 3.63) is 78.6 Å². The summed E-state index contributed by atoms with van der Waals surface area (Å²) in [6.45, 7) is 2.05. The molecule has 0 aliphatic carbocycles. The van der Waals surface area contributed by atoms with Gasteiger partial charge in [0.15, 0.2) is 5.16 Å². The molecule has 4 rings (SSSR count). The predicted molar refractivity (Wildman–Crippen MR) is 114 cm³/mol. The molecule has 1 aromatic heterocycles. The molecule has 1 amide bonds. The Balaban J connectivity index is 1.47. The number of hydrogen-bond donors (Lipinski definition) is 0. The Bertz CT molecular complexity index is 1120. The molecule has 0 N–H and O–H groups in total. The van der Waals surface area contributed by atoms with Gasteiger partial charge in [0.1, 0.15) is 6.33 Å². The number of anilines is 1. The van der Waals surface area contributed by atoms with Crippen molar-refractivity contribution in [1.82, 2.24) is 14.8 Å². The molecule has 0 spiro atoms. The zero-order valence-electron chi connectivity index (χ0n) is 15.7. The fourth-order valence-corrected chi connectivity index (χ4v) is 3.80. The molecular formula is C22H20N4OS. The van der Waals surface area contributed by atoms with E-state index >= 15 is 0 Å². The van der Waals surface area contributed by atoms with E-state index in [1.165, 1.54) is 17.3 Å². The van der Waals surface area contributed by atoms with Crippen LogP contribution in [0.5, 0.6) is 0 Å². The van der Waals surface area contributed by atoms with Crippen LogP contribution in [0.15, 0.2) is 78.2 Å². The molecule has 6 heteroatoms. The van der Waals surface area contributed by atoms with Gasteiger partial charge >= 0.3 is 0 Å². The van der Waals surface area contributed by atoms with Gasteiger partial charge in [-0.3, -0.25) is 9.36 Å². The van der Waals surface area contributed by atoms with Crippen molar-refractivity contribution >= 4 is 34.1 Å². The Morgan fingerprint density at radius 1 is 1.04 bits per heavy atom. The van der Waals surface area contributed by atoms with Crippen molar-refractivity contribution < 1.29 is 4.79 Å². The highest BCUT2D eigenvalue weighted by Gasteiger charge is 2.15. The minimum Gasteiger partial charge on any atom is -0.315 e. The van der Waals surface area contributed by atoms with Gasteiger partial charge in [0.05, 0.1) is 5.75 Å². The number of amides is 1. The zero-order chi connectivity index (χ0) is 19.5. The highest BCUT2D eigenvalue weighted by molar-refractivity contribution is 7.99. The van der Waals surface area contributed by atoms with Gasteiger partial charge in [0.2, 0.25) is 5.91 Å². The van der Waals surface area contributed by atoms with Crippen molar-refractivity contribution in [1.29, 1.82) is 0 Å². The summed E-state index contributed by atoms with van der Waals surface area (Å²) in [4.78, 5) is 14.4. The molecule has 0 fully saturated rings. The van der Waals surface area contributed by atoms with E-state index in [9.17, 15) is 4.79 Å². The standard InChI is InChI=1S/C22H20N4OS/c1-16-7-10-19(11-8-16)26-15-23-24-22(26)28-14-21(27)25(2)20-12-9-17-5-3-4-6-18(17)13-20/h3-13,15H,14H2,1-2H3. The first-order chi connectivity index (χ1) is 13.6. The SMILES string of the molecule is Cc1ccc(-n2cnnc2SCC(=O)N(C)c2ccc3ccccc3c2)cc1. The molecule has 0 atom stereocenters. The summed E-state index contributed by atoms with van der Waals surface area (Å²) in [6.07, 6.45) is 1.67. The lowest BCUT2D eigenvalue weighted by molar-refractivity contribution is -0.115. The van der Waals surface area contributed by atoms with Crippen molar-refractivity contribution in [3.63, 3.8) is 0 Å². The number of nitrogens with zero attached hydrogens (tertiary/aromatic N) is 4. The molecule has 0 bridgehead atoms. The number of hydrogen-bond acceptors (Lipinski definition) is 4. The Morgan fingerprint density at radius 2 is 1.79 bits per heavy atom. The van der Waals surface area contributed by atoms with E-state index in [1.807, 2.05) is 66.1 Å². The highest BCUT2D eigenvalue weighted by Crippen LogP contribution is 2.24. The summed E-state index contributed by atoms with van der Waals surface area (Å²) in [5.41, 5.74) is 3.05. The number of rotatable bonds is 5. The minimum absolute atomic E-state index is 0.0127. The average molecular weight is 388 g/mol. The summed E-state index contributed by atoms with van der Waals surface area (Å²) in [6, 6.07) is 22.3. The minimum atomic E-state index is 0.0127. The molecule has 3 aromatic carbocycles. The normalized spacial score (nSPS) is 10.9. The number of benzene rings is 3. The van der Waals surface area contributed by atoms with Crippen molar-refractivity contribution in [2.24, 2.45) is 0 Å².